The number of piperidine rings is 1. The smallest absolute Gasteiger partial charge is 0.143 e. The maximum atomic E-state index is 5.84. The van der Waals surface area contributed by atoms with Gasteiger partial charge >= 0.3 is 0 Å². The Morgan fingerprint density at radius 2 is 1.92 bits per heavy atom. The van der Waals surface area contributed by atoms with Crippen molar-refractivity contribution in [2.75, 3.05) is 11.2 Å². The summed E-state index contributed by atoms with van der Waals surface area (Å²) in [6.07, 6.45) is 10.9. The normalized spacial score (nSPS) is 26.0. The van der Waals surface area contributed by atoms with Crippen molar-refractivity contribution in [2.24, 2.45) is 7.05 Å². The lowest BCUT2D eigenvalue weighted by atomic mass is 10.00. The topological polar surface area (TPSA) is 43.2 Å². The van der Waals surface area contributed by atoms with Crippen molar-refractivity contribution < 1.29 is 4.18 Å². The van der Waals surface area contributed by atoms with E-state index in [4.69, 9.17) is 9.17 Å². The van der Waals surface area contributed by atoms with Crippen molar-refractivity contribution in [1.29, 1.82) is 0 Å². The first kappa shape index (κ1) is 15.5. The Bertz CT molecular complexity index is 926. The lowest BCUT2D eigenvalue weighted by Gasteiger charge is -2.39. The summed E-state index contributed by atoms with van der Waals surface area (Å²) in [7, 11) is 2.09. The Kier molecular flexibility index (Phi) is 3.64. The lowest BCUT2D eigenvalue weighted by molar-refractivity contribution is 0.180. The van der Waals surface area contributed by atoms with Gasteiger partial charge in [0, 0.05) is 48.6 Å². The lowest BCUT2D eigenvalue weighted by Crippen LogP contribution is -2.45. The second kappa shape index (κ2) is 5.88. The molecule has 0 radical (unpaired) electrons. The minimum absolute atomic E-state index is 0.385. The van der Waals surface area contributed by atoms with Crippen LogP contribution in [0.4, 0.5) is 5.82 Å². The zero-order valence-electron chi connectivity index (χ0n) is 14.6. The summed E-state index contributed by atoms with van der Waals surface area (Å²) in [6, 6.07) is 7.57. The molecule has 2 aliphatic rings. The van der Waals surface area contributed by atoms with Gasteiger partial charge in [0.1, 0.15) is 11.5 Å². The maximum absolute atomic E-state index is 5.84. The van der Waals surface area contributed by atoms with Gasteiger partial charge in [-0.05, 0) is 55.9 Å². The van der Waals surface area contributed by atoms with E-state index in [0.717, 1.165) is 24.3 Å². The van der Waals surface area contributed by atoms with Crippen LogP contribution in [-0.2, 0) is 11.2 Å². The van der Waals surface area contributed by atoms with E-state index in [2.05, 4.69) is 39.7 Å². The predicted molar refractivity (Wildman–Crippen MR) is 103 cm³/mol. The number of aryl methyl sites for hydroxylation is 1. The molecule has 2 aliphatic heterocycles. The highest BCUT2D eigenvalue weighted by Crippen LogP contribution is 2.41. The van der Waals surface area contributed by atoms with Gasteiger partial charge in [-0.2, -0.15) is 0 Å². The van der Waals surface area contributed by atoms with E-state index < -0.39 is 0 Å². The van der Waals surface area contributed by atoms with Crippen LogP contribution in [0.15, 0.2) is 30.6 Å². The van der Waals surface area contributed by atoms with Crippen molar-refractivity contribution in [3.63, 3.8) is 0 Å². The number of rotatable bonds is 3. The van der Waals surface area contributed by atoms with Crippen molar-refractivity contribution in [1.82, 2.24) is 14.5 Å². The van der Waals surface area contributed by atoms with Gasteiger partial charge < -0.3 is 13.7 Å². The molecule has 0 N–H and O–H groups in total. The van der Waals surface area contributed by atoms with Crippen LogP contribution in [0.1, 0.15) is 25.7 Å². The van der Waals surface area contributed by atoms with Gasteiger partial charge in [0.2, 0.25) is 0 Å². The first-order valence-electron chi connectivity index (χ1n) is 8.93. The highest BCUT2D eigenvalue weighted by Gasteiger charge is 2.42. The number of hydrogen-bond acceptors (Lipinski definition) is 5. The number of nitrogens with zero attached hydrogens (tertiary/aromatic N) is 4. The minimum Gasteiger partial charge on any atom is -0.350 e. The first-order valence-corrected chi connectivity index (χ1v) is 10.1. The maximum Gasteiger partial charge on any atom is 0.143 e. The van der Waals surface area contributed by atoms with Gasteiger partial charge in [-0.15, -0.1) is 0 Å². The molecule has 0 aliphatic carbocycles. The molecule has 0 aromatic carbocycles. The molecule has 6 heteroatoms. The van der Waals surface area contributed by atoms with Gasteiger partial charge in [0.05, 0.1) is 11.6 Å². The molecule has 2 atom stereocenters. The molecule has 25 heavy (non-hydrogen) atoms. The number of anilines is 1. The van der Waals surface area contributed by atoms with E-state index in [0.29, 0.717) is 18.2 Å². The average molecular weight is 354 g/mol. The molecule has 2 bridgehead atoms. The zero-order chi connectivity index (χ0) is 17.0. The van der Waals surface area contributed by atoms with Crippen LogP contribution in [-0.4, -0.2) is 39.0 Å². The monoisotopic (exact) mass is 354 g/mol. The molecule has 2 unspecified atom stereocenters. The molecule has 0 spiro atoms. The van der Waals surface area contributed by atoms with E-state index in [1.54, 1.807) is 0 Å². The van der Waals surface area contributed by atoms with Crippen LogP contribution in [0.25, 0.3) is 21.9 Å². The highest BCUT2D eigenvalue weighted by atomic mass is 32.2. The van der Waals surface area contributed by atoms with Gasteiger partial charge in [0.25, 0.3) is 0 Å². The number of hydrogen-bond donors (Lipinski definition) is 0. The van der Waals surface area contributed by atoms with Crippen molar-refractivity contribution in [3.8, 4) is 0 Å². The molecule has 5 rings (SSSR count). The Morgan fingerprint density at radius 1 is 1.12 bits per heavy atom. The second-order valence-electron chi connectivity index (χ2n) is 7.14. The summed E-state index contributed by atoms with van der Waals surface area (Å²) in [4.78, 5) is 11.9. The fourth-order valence-corrected chi connectivity index (χ4v) is 5.19. The van der Waals surface area contributed by atoms with Crippen molar-refractivity contribution in [2.45, 2.75) is 43.9 Å². The Balaban J connectivity index is 1.56. The van der Waals surface area contributed by atoms with E-state index in [-0.39, 0.29) is 0 Å². The summed E-state index contributed by atoms with van der Waals surface area (Å²) in [6.45, 7) is 0. The standard InChI is InChI=1S/C19H22N4OS/c1-22-17-7-8-20-11-16(17)15-5-6-18(21-19(15)22)23-12-3-4-13(23)10-14(9-12)24-25-2/h5-8,11-14H,3-4,9-10H2,1-2H3. The average Bonchev–Trinajstić information content (AvgIpc) is 3.07. The second-order valence-corrected chi connectivity index (χ2v) is 7.67. The number of pyridine rings is 2. The number of fused-ring (bicyclic) bond motifs is 5. The summed E-state index contributed by atoms with van der Waals surface area (Å²) in [5.41, 5.74) is 2.23. The predicted octanol–water partition coefficient (Wildman–Crippen LogP) is 3.92. The van der Waals surface area contributed by atoms with Crippen LogP contribution < -0.4 is 4.90 Å². The molecule has 3 aromatic heterocycles. The summed E-state index contributed by atoms with van der Waals surface area (Å²) >= 11 is 1.50. The molecule has 0 amide bonds. The molecule has 2 saturated heterocycles. The summed E-state index contributed by atoms with van der Waals surface area (Å²) in [5.74, 6) is 1.11. The minimum atomic E-state index is 0.385. The van der Waals surface area contributed by atoms with Gasteiger partial charge in [-0.1, -0.05) is 0 Å². The van der Waals surface area contributed by atoms with Crippen LogP contribution >= 0.6 is 12.0 Å². The SMILES string of the molecule is CSOC1CC2CCC(C1)N2c1ccc2c3cnccc3n(C)c2n1. The Hall–Kier alpha value is -1.79. The molecule has 0 saturated carbocycles. The van der Waals surface area contributed by atoms with Gasteiger partial charge in [-0.25, -0.2) is 4.98 Å². The quantitative estimate of drug-likeness (QED) is 0.667. The fourth-order valence-electron chi connectivity index (χ4n) is 4.77. The summed E-state index contributed by atoms with van der Waals surface area (Å²) < 4.78 is 8.02. The highest BCUT2D eigenvalue weighted by molar-refractivity contribution is 7.93. The fraction of sp³-hybridized carbons (Fsp3) is 0.474. The van der Waals surface area contributed by atoms with Crippen molar-refractivity contribution in [3.05, 3.63) is 30.6 Å². The van der Waals surface area contributed by atoms with E-state index >= 15 is 0 Å². The molecular formula is C19H22N4OS. The first-order chi connectivity index (χ1) is 12.3. The zero-order valence-corrected chi connectivity index (χ0v) is 15.4. The molecule has 130 valence electrons. The third kappa shape index (κ3) is 2.34. The van der Waals surface area contributed by atoms with E-state index in [9.17, 15) is 0 Å². The number of aromatic nitrogens is 3. The largest absolute Gasteiger partial charge is 0.350 e. The molecule has 3 aromatic rings. The third-order valence-electron chi connectivity index (χ3n) is 5.81. The molecule has 5 nitrogen and oxygen atoms in total. The Labute approximate surface area is 151 Å². The van der Waals surface area contributed by atoms with Gasteiger partial charge in [0.15, 0.2) is 0 Å². The van der Waals surface area contributed by atoms with Crippen LogP contribution in [0, 0.1) is 0 Å². The van der Waals surface area contributed by atoms with Crippen LogP contribution in [0.3, 0.4) is 0 Å². The van der Waals surface area contributed by atoms with E-state index in [1.807, 2.05) is 18.6 Å². The molecule has 5 heterocycles. The van der Waals surface area contributed by atoms with Crippen LogP contribution in [0.5, 0.6) is 0 Å². The Morgan fingerprint density at radius 3 is 2.68 bits per heavy atom. The van der Waals surface area contributed by atoms with Gasteiger partial charge in [-0.3, -0.25) is 4.98 Å². The van der Waals surface area contributed by atoms with E-state index in [1.165, 1.54) is 41.2 Å². The molecular weight excluding hydrogens is 332 g/mol. The third-order valence-corrected chi connectivity index (χ3v) is 6.28. The van der Waals surface area contributed by atoms with Crippen molar-refractivity contribution >= 4 is 39.8 Å². The van der Waals surface area contributed by atoms with Crippen LogP contribution in [0.2, 0.25) is 0 Å². The summed E-state index contributed by atoms with van der Waals surface area (Å²) in [5, 5.41) is 2.36. The molecule has 2 fully saturated rings.